The topological polar surface area (TPSA) is 15.6 Å². The third-order valence-electron chi connectivity index (χ3n) is 1.17. The molecule has 0 aliphatic carbocycles. The molecule has 46 valence electrons. The standard InChI is InChI=1S/C5H10N2S/c1-4-6-7(3)5(2)8-4/h5H,1-3H3. The number of hydrazone groups is 1. The van der Waals surface area contributed by atoms with Crippen molar-refractivity contribution in [1.29, 1.82) is 0 Å². The highest BCUT2D eigenvalue weighted by Crippen LogP contribution is 2.22. The third kappa shape index (κ3) is 0.968. The van der Waals surface area contributed by atoms with E-state index < -0.39 is 0 Å². The van der Waals surface area contributed by atoms with Crippen LogP contribution < -0.4 is 0 Å². The zero-order valence-electron chi connectivity index (χ0n) is 5.38. The van der Waals surface area contributed by atoms with Crippen LogP contribution in [0.2, 0.25) is 0 Å². The highest BCUT2D eigenvalue weighted by molar-refractivity contribution is 8.14. The molecule has 1 unspecified atom stereocenters. The van der Waals surface area contributed by atoms with E-state index in [9.17, 15) is 0 Å². The first-order chi connectivity index (χ1) is 3.70. The Balaban J connectivity index is 2.56. The molecule has 3 heteroatoms. The molecule has 8 heavy (non-hydrogen) atoms. The molecule has 1 aliphatic heterocycles. The first kappa shape index (κ1) is 5.95. The molecule has 1 atom stereocenters. The molecule has 0 radical (unpaired) electrons. The SMILES string of the molecule is CC1=NN(C)C(C)S1. The Bertz CT molecular complexity index is 122. The normalized spacial score (nSPS) is 28.6. The van der Waals surface area contributed by atoms with E-state index in [0.29, 0.717) is 5.37 Å². The van der Waals surface area contributed by atoms with Crippen molar-refractivity contribution in [3.8, 4) is 0 Å². The van der Waals surface area contributed by atoms with Gasteiger partial charge in [-0.25, -0.2) is 0 Å². The van der Waals surface area contributed by atoms with Crippen molar-refractivity contribution in [1.82, 2.24) is 5.01 Å². The second-order valence-electron chi connectivity index (χ2n) is 1.91. The highest BCUT2D eigenvalue weighted by Gasteiger charge is 2.15. The Morgan fingerprint density at radius 1 is 1.75 bits per heavy atom. The molecule has 0 amide bonds. The molecule has 1 aliphatic rings. The van der Waals surface area contributed by atoms with Crippen LogP contribution in [0.15, 0.2) is 5.10 Å². The highest BCUT2D eigenvalue weighted by atomic mass is 32.2. The van der Waals surface area contributed by atoms with Gasteiger partial charge in [-0.15, -0.1) is 0 Å². The number of rotatable bonds is 0. The van der Waals surface area contributed by atoms with Gasteiger partial charge in [-0.2, -0.15) is 5.10 Å². The molecular formula is C5H10N2S. The van der Waals surface area contributed by atoms with Crippen LogP contribution >= 0.6 is 11.8 Å². The molecule has 0 aromatic carbocycles. The van der Waals surface area contributed by atoms with Crippen LogP contribution in [0.25, 0.3) is 0 Å². The average molecular weight is 130 g/mol. The number of nitrogens with zero attached hydrogens (tertiary/aromatic N) is 2. The zero-order valence-corrected chi connectivity index (χ0v) is 6.20. The smallest absolute Gasteiger partial charge is 0.0949 e. The van der Waals surface area contributed by atoms with E-state index in [-0.39, 0.29) is 0 Å². The van der Waals surface area contributed by atoms with E-state index in [1.54, 1.807) is 11.8 Å². The quantitative estimate of drug-likeness (QED) is 0.492. The maximum absolute atomic E-state index is 4.18. The van der Waals surface area contributed by atoms with Crippen molar-refractivity contribution in [2.24, 2.45) is 5.10 Å². The Morgan fingerprint density at radius 3 is 2.50 bits per heavy atom. The van der Waals surface area contributed by atoms with Crippen LogP contribution in [0.3, 0.4) is 0 Å². The predicted molar refractivity (Wildman–Crippen MR) is 37.9 cm³/mol. The summed E-state index contributed by atoms with van der Waals surface area (Å²) in [5.41, 5.74) is 0. The Morgan fingerprint density at radius 2 is 2.38 bits per heavy atom. The van der Waals surface area contributed by atoms with Crippen molar-refractivity contribution < 1.29 is 0 Å². The van der Waals surface area contributed by atoms with Crippen molar-refractivity contribution in [2.75, 3.05) is 7.05 Å². The van der Waals surface area contributed by atoms with Gasteiger partial charge in [-0.1, -0.05) is 11.8 Å². The van der Waals surface area contributed by atoms with Crippen molar-refractivity contribution in [3.05, 3.63) is 0 Å². The number of hydrogen-bond donors (Lipinski definition) is 0. The molecule has 1 rings (SSSR count). The minimum atomic E-state index is 0.537. The predicted octanol–water partition coefficient (Wildman–Crippen LogP) is 1.34. The second kappa shape index (κ2) is 1.97. The average Bonchev–Trinajstić information content (AvgIpc) is 1.85. The molecule has 0 fully saturated rings. The molecular weight excluding hydrogens is 120 g/mol. The van der Waals surface area contributed by atoms with Gasteiger partial charge in [-0.3, -0.25) is 5.01 Å². The van der Waals surface area contributed by atoms with Crippen LogP contribution in [0.5, 0.6) is 0 Å². The summed E-state index contributed by atoms with van der Waals surface area (Å²) in [5.74, 6) is 0. The molecule has 0 saturated carbocycles. The third-order valence-corrected chi connectivity index (χ3v) is 2.23. The van der Waals surface area contributed by atoms with Gasteiger partial charge in [0.2, 0.25) is 0 Å². The maximum Gasteiger partial charge on any atom is 0.0949 e. The van der Waals surface area contributed by atoms with Gasteiger partial charge in [0, 0.05) is 7.05 Å². The summed E-state index contributed by atoms with van der Waals surface area (Å²) in [7, 11) is 1.99. The summed E-state index contributed by atoms with van der Waals surface area (Å²) in [6.07, 6.45) is 0. The van der Waals surface area contributed by atoms with Crippen LogP contribution in [-0.2, 0) is 0 Å². The Kier molecular flexibility index (Phi) is 1.47. The first-order valence-corrected chi connectivity index (χ1v) is 3.53. The van der Waals surface area contributed by atoms with Crippen molar-refractivity contribution in [3.63, 3.8) is 0 Å². The van der Waals surface area contributed by atoms with E-state index in [2.05, 4.69) is 12.0 Å². The lowest BCUT2D eigenvalue weighted by Crippen LogP contribution is -2.14. The van der Waals surface area contributed by atoms with Crippen LogP contribution in [-0.4, -0.2) is 22.5 Å². The summed E-state index contributed by atoms with van der Waals surface area (Å²) in [4.78, 5) is 0. The van der Waals surface area contributed by atoms with E-state index in [0.717, 1.165) is 0 Å². The maximum atomic E-state index is 4.18. The van der Waals surface area contributed by atoms with E-state index in [1.807, 2.05) is 19.0 Å². The molecule has 1 heterocycles. The molecule has 0 N–H and O–H groups in total. The summed E-state index contributed by atoms with van der Waals surface area (Å²) in [6.45, 7) is 4.18. The molecule has 0 saturated heterocycles. The molecule has 0 spiro atoms. The second-order valence-corrected chi connectivity index (χ2v) is 3.42. The minimum absolute atomic E-state index is 0.537. The van der Waals surface area contributed by atoms with Gasteiger partial charge in [-0.05, 0) is 13.8 Å². The number of hydrogen-bond acceptors (Lipinski definition) is 3. The fourth-order valence-corrected chi connectivity index (χ4v) is 1.52. The van der Waals surface area contributed by atoms with E-state index >= 15 is 0 Å². The number of thioether (sulfide) groups is 1. The lowest BCUT2D eigenvalue weighted by molar-refractivity contribution is 0.357. The van der Waals surface area contributed by atoms with Crippen molar-refractivity contribution >= 4 is 16.8 Å². The van der Waals surface area contributed by atoms with Crippen LogP contribution in [0, 0.1) is 0 Å². The van der Waals surface area contributed by atoms with Gasteiger partial charge < -0.3 is 0 Å². The van der Waals surface area contributed by atoms with Crippen molar-refractivity contribution in [2.45, 2.75) is 19.2 Å². The van der Waals surface area contributed by atoms with Gasteiger partial charge in [0.25, 0.3) is 0 Å². The Hall–Kier alpha value is -0.180. The molecule has 0 bridgehead atoms. The molecule has 2 nitrogen and oxygen atoms in total. The van der Waals surface area contributed by atoms with E-state index in [4.69, 9.17) is 0 Å². The monoisotopic (exact) mass is 130 g/mol. The lowest BCUT2D eigenvalue weighted by atomic mass is 10.7. The Labute approximate surface area is 53.9 Å². The first-order valence-electron chi connectivity index (χ1n) is 2.65. The zero-order chi connectivity index (χ0) is 6.15. The van der Waals surface area contributed by atoms with Gasteiger partial charge >= 0.3 is 0 Å². The van der Waals surface area contributed by atoms with E-state index in [1.165, 1.54) is 5.04 Å². The summed E-state index contributed by atoms with van der Waals surface area (Å²) in [6, 6.07) is 0. The van der Waals surface area contributed by atoms with Gasteiger partial charge in [0.05, 0.1) is 10.4 Å². The van der Waals surface area contributed by atoms with Crippen LogP contribution in [0.1, 0.15) is 13.8 Å². The largest absolute Gasteiger partial charge is 0.286 e. The fraction of sp³-hybridized carbons (Fsp3) is 0.800. The molecule has 0 aromatic rings. The minimum Gasteiger partial charge on any atom is -0.286 e. The van der Waals surface area contributed by atoms with Gasteiger partial charge in [0.15, 0.2) is 0 Å². The summed E-state index contributed by atoms with van der Waals surface area (Å²) >= 11 is 1.80. The summed E-state index contributed by atoms with van der Waals surface area (Å²) in [5, 5.41) is 7.86. The van der Waals surface area contributed by atoms with Gasteiger partial charge in [0.1, 0.15) is 0 Å². The summed E-state index contributed by atoms with van der Waals surface area (Å²) < 4.78 is 0. The molecule has 0 aromatic heterocycles. The lowest BCUT2D eigenvalue weighted by Gasteiger charge is -2.10. The van der Waals surface area contributed by atoms with Crippen LogP contribution in [0.4, 0.5) is 0 Å². The fourth-order valence-electron chi connectivity index (χ4n) is 0.650.